The number of carbonyl (C=O) groups excluding carboxylic acids is 1. The van der Waals surface area contributed by atoms with Crippen LogP contribution in [0.25, 0.3) is 0 Å². The number of nitrogens with zero attached hydrogens (tertiary/aromatic N) is 1. The Kier molecular flexibility index (Phi) is 5.95. The first kappa shape index (κ1) is 14.5. The average Bonchev–Trinajstić information content (AvgIpc) is 2.32. The lowest BCUT2D eigenvalue weighted by Crippen LogP contribution is -2.35. The number of hydrogen-bond acceptors (Lipinski definition) is 2. The van der Waals surface area contributed by atoms with Gasteiger partial charge in [0.05, 0.1) is 6.54 Å². The number of hydrogen-bond donors (Lipinski definition) is 1. The van der Waals surface area contributed by atoms with Crippen LogP contribution in [-0.2, 0) is 11.3 Å². The molecule has 0 aliphatic heterocycles. The molecule has 0 heterocycles. The molecule has 94 valence electrons. The third-order valence-corrected chi connectivity index (χ3v) is 3.51. The second-order valence-corrected chi connectivity index (χ2v) is 5.04. The molecular weight excluding hydrogens is 304 g/mol. The Bertz CT molecular complexity index is 398. The molecule has 0 saturated heterocycles. The number of nitrogens with one attached hydrogen (secondary N) is 1. The summed E-state index contributed by atoms with van der Waals surface area (Å²) in [5.74, 6) is 0.0886. The van der Waals surface area contributed by atoms with E-state index in [2.05, 4.69) is 21.2 Å². The number of halogens is 2. The van der Waals surface area contributed by atoms with E-state index in [1.54, 1.807) is 11.9 Å². The summed E-state index contributed by atoms with van der Waals surface area (Å²) >= 11 is 9.35. The summed E-state index contributed by atoms with van der Waals surface area (Å²) in [6.45, 7) is 3.63. The molecule has 5 heteroatoms. The molecule has 0 radical (unpaired) electrons. The van der Waals surface area contributed by atoms with E-state index >= 15 is 0 Å². The van der Waals surface area contributed by atoms with Crippen LogP contribution in [-0.4, -0.2) is 30.9 Å². The highest BCUT2D eigenvalue weighted by atomic mass is 79.9. The maximum atomic E-state index is 11.5. The van der Waals surface area contributed by atoms with Crippen LogP contribution < -0.4 is 5.32 Å². The minimum Gasteiger partial charge on any atom is -0.345 e. The van der Waals surface area contributed by atoms with Gasteiger partial charge in [-0.15, -0.1) is 0 Å². The molecule has 0 aliphatic rings. The van der Waals surface area contributed by atoms with Gasteiger partial charge in [-0.05, 0) is 30.7 Å². The summed E-state index contributed by atoms with van der Waals surface area (Å²) in [6, 6.07) is 5.61. The van der Waals surface area contributed by atoms with E-state index in [9.17, 15) is 4.79 Å². The Morgan fingerprint density at radius 2 is 2.24 bits per heavy atom. The van der Waals surface area contributed by atoms with Crippen LogP contribution in [0.3, 0.4) is 0 Å². The largest absolute Gasteiger partial charge is 0.345 e. The van der Waals surface area contributed by atoms with Crippen LogP contribution in [0, 0.1) is 0 Å². The zero-order chi connectivity index (χ0) is 12.8. The smallest absolute Gasteiger partial charge is 0.236 e. The van der Waals surface area contributed by atoms with Crippen molar-refractivity contribution in [1.82, 2.24) is 10.2 Å². The monoisotopic (exact) mass is 318 g/mol. The predicted octanol–water partition coefficient (Wildman–Crippen LogP) is 2.67. The summed E-state index contributed by atoms with van der Waals surface area (Å²) < 4.78 is 0.991. The SMILES string of the molecule is CCN(C)C(=O)CNCc1cc(Cl)ccc1Br. The van der Waals surface area contributed by atoms with Crippen molar-refractivity contribution in [2.75, 3.05) is 20.1 Å². The van der Waals surface area contributed by atoms with Gasteiger partial charge >= 0.3 is 0 Å². The van der Waals surface area contributed by atoms with E-state index in [1.807, 2.05) is 25.1 Å². The molecule has 1 N–H and O–H groups in total. The summed E-state index contributed by atoms with van der Waals surface area (Å²) in [5.41, 5.74) is 1.05. The fraction of sp³-hybridized carbons (Fsp3) is 0.417. The first-order valence-electron chi connectivity index (χ1n) is 5.43. The van der Waals surface area contributed by atoms with E-state index < -0.39 is 0 Å². The number of rotatable bonds is 5. The van der Waals surface area contributed by atoms with Gasteiger partial charge in [0.15, 0.2) is 0 Å². The average molecular weight is 320 g/mol. The van der Waals surface area contributed by atoms with Crippen molar-refractivity contribution in [2.24, 2.45) is 0 Å². The van der Waals surface area contributed by atoms with Crippen molar-refractivity contribution in [3.8, 4) is 0 Å². The highest BCUT2D eigenvalue weighted by Crippen LogP contribution is 2.20. The Labute approximate surface area is 115 Å². The lowest BCUT2D eigenvalue weighted by molar-refractivity contribution is -0.128. The summed E-state index contributed by atoms with van der Waals surface area (Å²) in [4.78, 5) is 13.2. The van der Waals surface area contributed by atoms with Crippen molar-refractivity contribution in [2.45, 2.75) is 13.5 Å². The van der Waals surface area contributed by atoms with E-state index in [-0.39, 0.29) is 5.91 Å². The molecular formula is C12H16BrClN2O. The second kappa shape index (κ2) is 6.99. The molecule has 0 unspecified atom stereocenters. The minimum atomic E-state index is 0.0886. The van der Waals surface area contributed by atoms with Gasteiger partial charge in [0.1, 0.15) is 0 Å². The van der Waals surface area contributed by atoms with Gasteiger partial charge in [-0.3, -0.25) is 4.79 Å². The number of benzene rings is 1. The summed E-state index contributed by atoms with van der Waals surface area (Å²) in [6.07, 6.45) is 0. The highest BCUT2D eigenvalue weighted by Gasteiger charge is 2.06. The number of likely N-dealkylation sites (N-methyl/N-ethyl adjacent to an activating group) is 1. The van der Waals surface area contributed by atoms with Crippen LogP contribution in [0.1, 0.15) is 12.5 Å². The quantitative estimate of drug-likeness (QED) is 0.905. The topological polar surface area (TPSA) is 32.3 Å². The molecule has 1 amide bonds. The normalized spacial score (nSPS) is 10.4. The Balaban J connectivity index is 2.46. The van der Waals surface area contributed by atoms with Gasteiger partial charge in [-0.2, -0.15) is 0 Å². The molecule has 0 saturated carbocycles. The molecule has 3 nitrogen and oxygen atoms in total. The maximum Gasteiger partial charge on any atom is 0.236 e. The summed E-state index contributed by atoms with van der Waals surface area (Å²) in [5, 5.41) is 3.80. The Morgan fingerprint density at radius 1 is 1.53 bits per heavy atom. The molecule has 0 aliphatic carbocycles. The molecule has 0 spiro atoms. The fourth-order valence-corrected chi connectivity index (χ4v) is 1.88. The third kappa shape index (κ3) is 4.66. The predicted molar refractivity (Wildman–Crippen MR) is 74.2 cm³/mol. The second-order valence-electron chi connectivity index (χ2n) is 3.75. The molecule has 1 rings (SSSR count). The standard InChI is InChI=1S/C12H16BrClN2O/c1-3-16(2)12(17)8-15-7-9-6-10(14)4-5-11(9)13/h4-6,15H,3,7-8H2,1-2H3. The zero-order valence-corrected chi connectivity index (χ0v) is 12.3. The Morgan fingerprint density at radius 3 is 2.88 bits per heavy atom. The first-order chi connectivity index (χ1) is 8.04. The van der Waals surface area contributed by atoms with Crippen LogP contribution >= 0.6 is 27.5 Å². The van der Waals surface area contributed by atoms with Gasteiger partial charge in [-0.25, -0.2) is 0 Å². The molecule has 0 atom stereocenters. The van der Waals surface area contributed by atoms with Crippen LogP contribution in [0.5, 0.6) is 0 Å². The maximum absolute atomic E-state index is 11.5. The molecule has 17 heavy (non-hydrogen) atoms. The van der Waals surface area contributed by atoms with Gasteiger partial charge in [0.25, 0.3) is 0 Å². The summed E-state index contributed by atoms with van der Waals surface area (Å²) in [7, 11) is 1.79. The van der Waals surface area contributed by atoms with Crippen LogP contribution in [0.2, 0.25) is 5.02 Å². The Hall–Kier alpha value is -0.580. The van der Waals surface area contributed by atoms with Gasteiger partial charge in [0, 0.05) is 29.6 Å². The lowest BCUT2D eigenvalue weighted by Gasteiger charge is -2.15. The van der Waals surface area contributed by atoms with Crippen molar-refractivity contribution in [1.29, 1.82) is 0 Å². The van der Waals surface area contributed by atoms with Gasteiger partial charge < -0.3 is 10.2 Å². The van der Waals surface area contributed by atoms with Crippen molar-refractivity contribution < 1.29 is 4.79 Å². The van der Waals surface area contributed by atoms with Crippen molar-refractivity contribution in [3.63, 3.8) is 0 Å². The molecule has 1 aromatic rings. The highest BCUT2D eigenvalue weighted by molar-refractivity contribution is 9.10. The molecule has 0 aromatic heterocycles. The van der Waals surface area contributed by atoms with E-state index in [4.69, 9.17) is 11.6 Å². The van der Waals surface area contributed by atoms with E-state index in [0.717, 1.165) is 16.6 Å². The van der Waals surface area contributed by atoms with Crippen molar-refractivity contribution >= 4 is 33.4 Å². The van der Waals surface area contributed by atoms with Crippen LogP contribution in [0.15, 0.2) is 22.7 Å². The number of carbonyl (C=O) groups is 1. The molecule has 1 aromatic carbocycles. The van der Waals surface area contributed by atoms with Gasteiger partial charge in [0.2, 0.25) is 5.91 Å². The zero-order valence-electron chi connectivity index (χ0n) is 9.96. The fourth-order valence-electron chi connectivity index (χ4n) is 1.29. The molecule has 0 bridgehead atoms. The van der Waals surface area contributed by atoms with Gasteiger partial charge in [-0.1, -0.05) is 27.5 Å². The minimum absolute atomic E-state index is 0.0886. The lowest BCUT2D eigenvalue weighted by atomic mass is 10.2. The molecule has 0 fully saturated rings. The first-order valence-corrected chi connectivity index (χ1v) is 6.60. The number of amides is 1. The van der Waals surface area contributed by atoms with Crippen molar-refractivity contribution in [3.05, 3.63) is 33.3 Å². The van der Waals surface area contributed by atoms with E-state index in [0.29, 0.717) is 18.1 Å². The van der Waals surface area contributed by atoms with Crippen LogP contribution in [0.4, 0.5) is 0 Å². The third-order valence-electron chi connectivity index (χ3n) is 2.50. The van der Waals surface area contributed by atoms with E-state index in [1.165, 1.54) is 0 Å².